The molecule has 0 bridgehead atoms. The molecular formula is C25H24BrFN6O. The molecule has 5 rings (SSSR count). The number of allylic oxidation sites excluding steroid dienone is 2. The van der Waals surface area contributed by atoms with E-state index in [1.54, 1.807) is 13.2 Å². The van der Waals surface area contributed by atoms with Crippen molar-refractivity contribution in [1.82, 2.24) is 20.3 Å². The van der Waals surface area contributed by atoms with Gasteiger partial charge in [0.05, 0.1) is 23.0 Å². The minimum absolute atomic E-state index is 0.0867. The van der Waals surface area contributed by atoms with E-state index in [2.05, 4.69) is 59.7 Å². The van der Waals surface area contributed by atoms with E-state index in [1.165, 1.54) is 24.4 Å². The number of aromatic amines is 1. The Bertz CT molecular complexity index is 1360. The molecule has 2 aliphatic rings. The molecule has 2 aromatic heterocycles. The van der Waals surface area contributed by atoms with E-state index >= 15 is 0 Å². The second-order valence-electron chi connectivity index (χ2n) is 8.63. The number of aromatic nitrogens is 3. The Morgan fingerprint density at radius 1 is 1.32 bits per heavy atom. The molecule has 0 saturated heterocycles. The molecule has 1 atom stereocenters. The number of halogens is 2. The number of hydrogen-bond donors (Lipinski definition) is 4. The highest BCUT2D eigenvalue weighted by molar-refractivity contribution is 9.09. The standard InChI is InChI=1S/C25H24BrFN6O/c1-29-19-11-16(27)7-8-17(19)21(28)20-13-31-23-22(32-20)18(12-30-23)24(34)33-25(9-2-10-25)14-3-5-15(26)6-4-14/h3-5,7-8,11-13,15,28-29H,2,6,9-10H2,1H3,(H,30,31)(H,33,34). The number of nitrogens with one attached hydrogen (secondary N) is 4. The van der Waals surface area contributed by atoms with Gasteiger partial charge in [0.2, 0.25) is 0 Å². The number of benzene rings is 1. The first kappa shape index (κ1) is 22.5. The molecule has 0 spiro atoms. The van der Waals surface area contributed by atoms with Gasteiger partial charge in [-0.05, 0) is 49.5 Å². The zero-order valence-corrected chi connectivity index (χ0v) is 20.2. The van der Waals surface area contributed by atoms with Gasteiger partial charge < -0.3 is 15.6 Å². The number of rotatable bonds is 6. The summed E-state index contributed by atoms with van der Waals surface area (Å²) in [6.07, 6.45) is 13.2. The monoisotopic (exact) mass is 522 g/mol. The van der Waals surface area contributed by atoms with Gasteiger partial charge in [-0.25, -0.2) is 14.4 Å². The van der Waals surface area contributed by atoms with E-state index in [1.807, 2.05) is 0 Å². The lowest BCUT2D eigenvalue weighted by molar-refractivity contribution is 0.0870. The molecule has 1 unspecified atom stereocenters. The van der Waals surface area contributed by atoms with Crippen molar-refractivity contribution in [1.29, 1.82) is 5.41 Å². The molecule has 0 radical (unpaired) electrons. The average molecular weight is 523 g/mol. The molecule has 174 valence electrons. The van der Waals surface area contributed by atoms with Crippen LogP contribution >= 0.6 is 15.9 Å². The number of carbonyl (C=O) groups is 1. The summed E-state index contributed by atoms with van der Waals surface area (Å²) in [6, 6.07) is 4.16. The molecule has 1 aromatic carbocycles. The van der Waals surface area contributed by atoms with E-state index < -0.39 is 5.82 Å². The van der Waals surface area contributed by atoms with Crippen LogP contribution in [-0.4, -0.2) is 44.0 Å². The van der Waals surface area contributed by atoms with Crippen LogP contribution < -0.4 is 10.6 Å². The number of H-pyrrole nitrogens is 1. The molecular weight excluding hydrogens is 499 g/mol. The fourth-order valence-electron chi connectivity index (χ4n) is 4.51. The second kappa shape index (κ2) is 8.79. The molecule has 4 N–H and O–H groups in total. The molecule has 1 saturated carbocycles. The summed E-state index contributed by atoms with van der Waals surface area (Å²) < 4.78 is 13.6. The number of fused-ring (bicyclic) bond motifs is 1. The van der Waals surface area contributed by atoms with Gasteiger partial charge in [0, 0.05) is 29.3 Å². The molecule has 2 heterocycles. The van der Waals surface area contributed by atoms with E-state index in [-0.39, 0.29) is 17.2 Å². The molecule has 1 amide bonds. The van der Waals surface area contributed by atoms with Crippen LogP contribution in [0.2, 0.25) is 0 Å². The molecule has 9 heteroatoms. The normalized spacial score (nSPS) is 18.8. The third kappa shape index (κ3) is 3.94. The van der Waals surface area contributed by atoms with Gasteiger partial charge in [-0.15, -0.1) is 0 Å². The molecule has 0 aliphatic heterocycles. The summed E-state index contributed by atoms with van der Waals surface area (Å²) in [4.78, 5) is 25.7. The SMILES string of the molecule is CNc1cc(F)ccc1C(=N)c1cnc2[nH]cc(C(=O)NC3(C4=CCC(Br)C=C4)CCC3)c2n1. The average Bonchev–Trinajstić information content (AvgIpc) is 3.25. The van der Waals surface area contributed by atoms with Crippen LogP contribution in [0.5, 0.6) is 0 Å². The van der Waals surface area contributed by atoms with Crippen molar-refractivity contribution in [2.75, 3.05) is 12.4 Å². The Morgan fingerprint density at radius 2 is 2.15 bits per heavy atom. The first-order valence-electron chi connectivity index (χ1n) is 11.2. The fourth-order valence-corrected chi connectivity index (χ4v) is 4.85. The van der Waals surface area contributed by atoms with Crippen LogP contribution in [0.4, 0.5) is 10.1 Å². The van der Waals surface area contributed by atoms with Gasteiger partial charge in [0.1, 0.15) is 17.0 Å². The summed E-state index contributed by atoms with van der Waals surface area (Å²) >= 11 is 3.60. The Balaban J connectivity index is 1.45. The topological polar surface area (TPSA) is 107 Å². The van der Waals surface area contributed by atoms with Crippen molar-refractivity contribution in [3.63, 3.8) is 0 Å². The third-order valence-corrected chi connectivity index (χ3v) is 7.24. The maximum atomic E-state index is 13.6. The van der Waals surface area contributed by atoms with E-state index in [9.17, 15) is 9.18 Å². The van der Waals surface area contributed by atoms with Crippen molar-refractivity contribution in [2.24, 2.45) is 0 Å². The molecule has 2 aliphatic carbocycles. The highest BCUT2D eigenvalue weighted by Crippen LogP contribution is 2.41. The summed E-state index contributed by atoms with van der Waals surface area (Å²) in [5, 5.41) is 14.8. The lowest BCUT2D eigenvalue weighted by atomic mass is 9.70. The van der Waals surface area contributed by atoms with E-state index in [0.717, 1.165) is 31.3 Å². The summed E-state index contributed by atoms with van der Waals surface area (Å²) in [7, 11) is 1.67. The summed E-state index contributed by atoms with van der Waals surface area (Å²) in [5.41, 5.74) is 3.39. The molecule has 34 heavy (non-hydrogen) atoms. The molecule has 1 fully saturated rings. The minimum atomic E-state index is -0.397. The van der Waals surface area contributed by atoms with Crippen LogP contribution in [-0.2, 0) is 0 Å². The predicted octanol–water partition coefficient (Wildman–Crippen LogP) is 4.86. The minimum Gasteiger partial charge on any atom is -0.387 e. The number of hydrogen-bond acceptors (Lipinski definition) is 5. The quantitative estimate of drug-likeness (QED) is 0.274. The number of alkyl halides is 1. The Labute approximate surface area is 204 Å². The maximum absolute atomic E-state index is 13.6. The largest absolute Gasteiger partial charge is 0.387 e. The van der Waals surface area contributed by atoms with Crippen molar-refractivity contribution >= 4 is 44.4 Å². The van der Waals surface area contributed by atoms with Crippen LogP contribution in [0, 0.1) is 11.2 Å². The maximum Gasteiger partial charge on any atom is 0.255 e. The first-order chi connectivity index (χ1) is 16.4. The van der Waals surface area contributed by atoms with Crippen LogP contribution in [0.1, 0.15) is 47.3 Å². The highest BCUT2D eigenvalue weighted by atomic mass is 79.9. The molecule has 7 nitrogen and oxygen atoms in total. The number of amides is 1. The van der Waals surface area contributed by atoms with Crippen LogP contribution in [0.3, 0.4) is 0 Å². The molecule has 3 aromatic rings. The van der Waals surface area contributed by atoms with Gasteiger partial charge in [0.15, 0.2) is 5.65 Å². The van der Waals surface area contributed by atoms with E-state index in [0.29, 0.717) is 38.5 Å². The van der Waals surface area contributed by atoms with Crippen LogP contribution in [0.15, 0.2) is 54.4 Å². The lowest BCUT2D eigenvalue weighted by Gasteiger charge is -2.44. The van der Waals surface area contributed by atoms with Gasteiger partial charge in [-0.2, -0.15) is 0 Å². The Kier molecular flexibility index (Phi) is 5.81. The smallest absolute Gasteiger partial charge is 0.255 e. The van der Waals surface area contributed by atoms with Crippen molar-refractivity contribution in [2.45, 2.75) is 36.0 Å². The number of anilines is 1. The number of nitrogens with zero attached hydrogens (tertiary/aromatic N) is 2. The van der Waals surface area contributed by atoms with Crippen molar-refractivity contribution in [3.8, 4) is 0 Å². The fraction of sp³-hybridized carbons (Fsp3) is 0.280. The zero-order valence-electron chi connectivity index (χ0n) is 18.6. The van der Waals surface area contributed by atoms with Gasteiger partial charge in [0.25, 0.3) is 5.91 Å². The Hall–Kier alpha value is -3.33. The summed E-state index contributed by atoms with van der Waals surface area (Å²) in [6.45, 7) is 0. The van der Waals surface area contributed by atoms with Crippen molar-refractivity contribution in [3.05, 3.63) is 77.0 Å². The number of carbonyl (C=O) groups excluding carboxylic acids is 1. The zero-order chi connectivity index (χ0) is 23.9. The third-order valence-electron chi connectivity index (χ3n) is 6.56. The van der Waals surface area contributed by atoms with E-state index in [4.69, 9.17) is 5.41 Å². The van der Waals surface area contributed by atoms with Gasteiger partial charge in [-0.1, -0.05) is 34.2 Å². The van der Waals surface area contributed by atoms with Crippen molar-refractivity contribution < 1.29 is 9.18 Å². The van der Waals surface area contributed by atoms with Crippen LogP contribution in [0.25, 0.3) is 11.2 Å². The summed E-state index contributed by atoms with van der Waals surface area (Å²) in [5.74, 6) is -0.622. The predicted molar refractivity (Wildman–Crippen MR) is 134 cm³/mol. The highest BCUT2D eigenvalue weighted by Gasteiger charge is 2.41. The first-order valence-corrected chi connectivity index (χ1v) is 12.1. The van der Waals surface area contributed by atoms with Gasteiger partial charge >= 0.3 is 0 Å². The Morgan fingerprint density at radius 3 is 2.82 bits per heavy atom. The lowest BCUT2D eigenvalue weighted by Crippen LogP contribution is -2.54. The second-order valence-corrected chi connectivity index (χ2v) is 9.81. The van der Waals surface area contributed by atoms with Gasteiger partial charge in [-0.3, -0.25) is 10.2 Å².